The van der Waals surface area contributed by atoms with Crippen LogP contribution in [0.25, 0.3) is 28.2 Å². The van der Waals surface area contributed by atoms with Crippen molar-refractivity contribution in [2.45, 2.75) is 38.3 Å². The lowest BCUT2D eigenvalue weighted by molar-refractivity contribution is 0.0986. The monoisotopic (exact) mass is 475 g/mol. The quantitative estimate of drug-likeness (QED) is 0.310. The van der Waals surface area contributed by atoms with E-state index in [1.54, 1.807) is 31.5 Å². The van der Waals surface area contributed by atoms with Gasteiger partial charge in [-0.2, -0.15) is 5.10 Å². The van der Waals surface area contributed by atoms with Crippen LogP contribution in [0.2, 0.25) is 0 Å². The van der Waals surface area contributed by atoms with Crippen molar-refractivity contribution in [1.29, 1.82) is 0 Å². The molecule has 0 bridgehead atoms. The Kier molecular flexibility index (Phi) is 4.75. The van der Waals surface area contributed by atoms with E-state index < -0.39 is 18.1 Å². The SMILES string of the molecule is Cc1ccc(Nc2ccc3c(c2)ncn3-c2ccc(C(C)O)c(-c3ccnn3C3CC3(F)F)n2)[nH]1. The number of aromatic nitrogens is 6. The first-order valence-corrected chi connectivity index (χ1v) is 11.3. The zero-order valence-electron chi connectivity index (χ0n) is 19.1. The van der Waals surface area contributed by atoms with E-state index in [0.29, 0.717) is 22.8 Å². The lowest BCUT2D eigenvalue weighted by Gasteiger charge is -2.15. The Labute approximate surface area is 199 Å². The molecule has 2 unspecified atom stereocenters. The fourth-order valence-electron chi connectivity index (χ4n) is 4.36. The van der Waals surface area contributed by atoms with Crippen molar-refractivity contribution in [3.8, 4) is 17.2 Å². The van der Waals surface area contributed by atoms with Gasteiger partial charge in [-0.25, -0.2) is 18.7 Å². The maximum Gasteiger partial charge on any atom is 0.272 e. The highest BCUT2D eigenvalue weighted by Crippen LogP contribution is 2.53. The van der Waals surface area contributed by atoms with Crippen LogP contribution in [-0.4, -0.2) is 40.3 Å². The van der Waals surface area contributed by atoms with Crippen molar-refractivity contribution in [1.82, 2.24) is 29.3 Å². The molecule has 4 aromatic heterocycles. The van der Waals surface area contributed by atoms with E-state index in [2.05, 4.69) is 20.4 Å². The summed E-state index contributed by atoms with van der Waals surface area (Å²) in [6.07, 6.45) is 2.07. The first-order chi connectivity index (χ1) is 16.8. The van der Waals surface area contributed by atoms with Gasteiger partial charge in [-0.3, -0.25) is 9.25 Å². The average molecular weight is 476 g/mol. The molecule has 1 aromatic carbocycles. The third-order valence-corrected chi connectivity index (χ3v) is 6.27. The number of rotatable bonds is 6. The Hall–Kier alpha value is -4.05. The molecule has 4 heterocycles. The predicted octanol–water partition coefficient (Wildman–Crippen LogP) is 5.30. The van der Waals surface area contributed by atoms with Crippen LogP contribution in [-0.2, 0) is 0 Å². The molecule has 1 aliphatic rings. The molecule has 1 fully saturated rings. The highest BCUT2D eigenvalue weighted by atomic mass is 19.3. The van der Waals surface area contributed by atoms with Crippen LogP contribution in [0.1, 0.15) is 36.7 Å². The number of hydrogen-bond donors (Lipinski definition) is 3. The van der Waals surface area contributed by atoms with Crippen molar-refractivity contribution < 1.29 is 13.9 Å². The number of aliphatic hydroxyl groups is 1. The van der Waals surface area contributed by atoms with E-state index in [4.69, 9.17) is 4.98 Å². The number of fused-ring (bicyclic) bond motifs is 1. The number of alkyl halides is 2. The number of nitrogens with zero attached hydrogens (tertiary/aromatic N) is 5. The van der Waals surface area contributed by atoms with Gasteiger partial charge in [-0.15, -0.1) is 0 Å². The van der Waals surface area contributed by atoms with Crippen LogP contribution < -0.4 is 5.32 Å². The molecule has 2 atom stereocenters. The van der Waals surface area contributed by atoms with Gasteiger partial charge in [0.2, 0.25) is 0 Å². The maximum absolute atomic E-state index is 13.8. The van der Waals surface area contributed by atoms with Crippen molar-refractivity contribution >= 4 is 22.5 Å². The van der Waals surface area contributed by atoms with Gasteiger partial charge in [0.25, 0.3) is 5.92 Å². The van der Waals surface area contributed by atoms with Crippen molar-refractivity contribution in [3.63, 3.8) is 0 Å². The number of hydrogen-bond acceptors (Lipinski definition) is 5. The Morgan fingerprint density at radius 3 is 2.71 bits per heavy atom. The summed E-state index contributed by atoms with van der Waals surface area (Å²) in [5.74, 6) is -1.34. The predicted molar refractivity (Wildman–Crippen MR) is 128 cm³/mol. The van der Waals surface area contributed by atoms with Crippen LogP contribution in [0, 0.1) is 6.92 Å². The zero-order chi connectivity index (χ0) is 24.3. The summed E-state index contributed by atoms with van der Waals surface area (Å²) in [6, 6.07) is 14.0. The van der Waals surface area contributed by atoms with Crippen molar-refractivity contribution in [2.24, 2.45) is 0 Å². The van der Waals surface area contributed by atoms with Gasteiger partial charge in [-0.1, -0.05) is 6.07 Å². The molecule has 0 spiro atoms. The third kappa shape index (κ3) is 3.75. The second-order valence-electron chi connectivity index (χ2n) is 8.92. The van der Waals surface area contributed by atoms with Crippen molar-refractivity contribution in [3.05, 3.63) is 72.3 Å². The first-order valence-electron chi connectivity index (χ1n) is 11.3. The minimum Gasteiger partial charge on any atom is -0.389 e. The van der Waals surface area contributed by atoms with Gasteiger partial charge in [-0.05, 0) is 56.3 Å². The number of halogens is 2. The Bertz CT molecular complexity index is 1550. The van der Waals surface area contributed by atoms with Gasteiger partial charge in [0, 0.05) is 29.6 Å². The fourth-order valence-corrected chi connectivity index (χ4v) is 4.36. The fraction of sp³-hybridized carbons (Fsp3) is 0.240. The summed E-state index contributed by atoms with van der Waals surface area (Å²) in [6.45, 7) is 3.61. The molecule has 8 nitrogen and oxygen atoms in total. The lowest BCUT2D eigenvalue weighted by atomic mass is 10.1. The Morgan fingerprint density at radius 2 is 2.00 bits per heavy atom. The third-order valence-electron chi connectivity index (χ3n) is 6.27. The summed E-state index contributed by atoms with van der Waals surface area (Å²) in [5.41, 5.74) is 4.95. The van der Waals surface area contributed by atoms with E-state index in [0.717, 1.165) is 28.2 Å². The van der Waals surface area contributed by atoms with E-state index >= 15 is 0 Å². The van der Waals surface area contributed by atoms with Gasteiger partial charge >= 0.3 is 0 Å². The summed E-state index contributed by atoms with van der Waals surface area (Å²) >= 11 is 0. The second-order valence-corrected chi connectivity index (χ2v) is 8.92. The molecule has 35 heavy (non-hydrogen) atoms. The van der Waals surface area contributed by atoms with Crippen LogP contribution in [0.5, 0.6) is 0 Å². The molecule has 0 amide bonds. The molecular weight excluding hydrogens is 452 g/mol. The number of aromatic amines is 1. The van der Waals surface area contributed by atoms with E-state index in [1.807, 2.05) is 41.8 Å². The smallest absolute Gasteiger partial charge is 0.272 e. The first kappa shape index (κ1) is 21.5. The average Bonchev–Trinajstić information content (AvgIpc) is 3.29. The molecule has 0 saturated heterocycles. The minimum absolute atomic E-state index is 0.254. The zero-order valence-corrected chi connectivity index (χ0v) is 19.1. The second kappa shape index (κ2) is 7.74. The minimum atomic E-state index is -2.78. The molecule has 0 radical (unpaired) electrons. The lowest BCUT2D eigenvalue weighted by Crippen LogP contribution is -2.09. The number of imidazole rings is 1. The molecule has 6 rings (SSSR count). The number of nitrogens with one attached hydrogen (secondary N) is 2. The largest absolute Gasteiger partial charge is 0.389 e. The Balaban J connectivity index is 1.39. The molecule has 3 N–H and O–H groups in total. The topological polar surface area (TPSA) is 96.6 Å². The molecule has 1 saturated carbocycles. The molecular formula is C25H23F2N7O. The maximum atomic E-state index is 13.8. The molecule has 178 valence electrons. The summed E-state index contributed by atoms with van der Waals surface area (Å²) in [4.78, 5) is 12.5. The Morgan fingerprint density at radius 1 is 1.17 bits per heavy atom. The molecule has 10 heteroatoms. The van der Waals surface area contributed by atoms with Crippen LogP contribution >= 0.6 is 0 Å². The van der Waals surface area contributed by atoms with Gasteiger partial charge in [0.05, 0.1) is 28.5 Å². The standard InChI is InChI=1S/C25H23F2N7O/c1-14-3-7-22(30-14)31-16-4-6-19-18(11-16)28-13-33(19)23-8-5-17(15(2)35)24(32-23)20-9-10-29-34(20)21-12-25(21,26)27/h3-11,13,15,21,30-31,35H,12H2,1-2H3. The van der Waals surface area contributed by atoms with E-state index in [-0.39, 0.29) is 6.42 Å². The number of aliphatic hydroxyl groups excluding tert-OH is 1. The number of H-pyrrole nitrogens is 1. The summed E-state index contributed by atoms with van der Waals surface area (Å²) in [7, 11) is 0. The van der Waals surface area contributed by atoms with Crippen LogP contribution in [0.3, 0.4) is 0 Å². The number of pyridine rings is 1. The summed E-state index contributed by atoms with van der Waals surface area (Å²) in [5, 5.41) is 17.8. The number of anilines is 2. The van der Waals surface area contributed by atoms with Gasteiger partial charge in [0.1, 0.15) is 24.0 Å². The van der Waals surface area contributed by atoms with Crippen LogP contribution in [0.4, 0.5) is 20.3 Å². The van der Waals surface area contributed by atoms with E-state index in [1.165, 1.54) is 10.9 Å². The molecule has 5 aromatic rings. The van der Waals surface area contributed by atoms with Gasteiger partial charge < -0.3 is 15.4 Å². The van der Waals surface area contributed by atoms with Crippen molar-refractivity contribution in [2.75, 3.05) is 5.32 Å². The van der Waals surface area contributed by atoms with E-state index in [9.17, 15) is 13.9 Å². The number of benzene rings is 1. The highest BCUT2D eigenvalue weighted by Gasteiger charge is 2.59. The normalized spacial score (nSPS) is 17.6. The van der Waals surface area contributed by atoms with Gasteiger partial charge in [0.15, 0.2) is 0 Å². The highest BCUT2D eigenvalue weighted by molar-refractivity contribution is 5.82. The summed E-state index contributed by atoms with van der Waals surface area (Å²) < 4.78 is 30.8. The number of aryl methyl sites for hydroxylation is 1. The molecule has 1 aliphatic carbocycles. The molecule has 0 aliphatic heterocycles. The van der Waals surface area contributed by atoms with Crippen LogP contribution in [0.15, 0.2) is 61.1 Å².